The Bertz CT molecular complexity index is 200. The molecule has 0 aliphatic carbocycles. The van der Waals surface area contributed by atoms with Crippen LogP contribution >= 0.6 is 0 Å². The number of halogens is 1. The van der Waals surface area contributed by atoms with Gasteiger partial charge in [-0.3, -0.25) is 5.92 Å². The maximum absolute atomic E-state index is 6.69. The molecule has 0 spiro atoms. The van der Waals surface area contributed by atoms with Gasteiger partial charge in [0.05, 0.1) is 0 Å². The summed E-state index contributed by atoms with van der Waals surface area (Å²) in [6.07, 6.45) is 6.69. The molecule has 0 heterocycles. The van der Waals surface area contributed by atoms with E-state index in [1.807, 2.05) is 30.3 Å². The van der Waals surface area contributed by atoms with E-state index in [0.29, 0.717) is 0 Å². The Morgan fingerprint density at radius 2 is 1.60 bits per heavy atom. The fourth-order valence-corrected chi connectivity index (χ4v) is 0.521. The summed E-state index contributed by atoms with van der Waals surface area (Å²) in [4.78, 5) is 0. The van der Waals surface area contributed by atoms with Gasteiger partial charge in [0.25, 0.3) is 0 Å². The molecule has 1 rings (SSSR count). The molecule has 1 aromatic carbocycles. The number of rotatable bonds is 0. The van der Waals surface area contributed by atoms with Gasteiger partial charge >= 0.3 is 37.7 Å². The van der Waals surface area contributed by atoms with Crippen molar-refractivity contribution in [3.8, 4) is 5.92 Å². The van der Waals surface area contributed by atoms with Crippen molar-refractivity contribution in [3.05, 3.63) is 42.3 Å². The van der Waals surface area contributed by atoms with Gasteiger partial charge in [0.15, 0.2) is 0 Å². The molecule has 0 N–H and O–H groups in total. The summed E-state index contributed by atoms with van der Waals surface area (Å²) in [7, 11) is 0. The van der Waals surface area contributed by atoms with Gasteiger partial charge in [0, 0.05) is 0 Å². The summed E-state index contributed by atoms with van der Waals surface area (Å²) in [6, 6.07) is 9.37. The molecular formula is C8H5CaI. The Hall–Kier alpha value is 0.770. The Balaban J connectivity index is 0. The van der Waals surface area contributed by atoms with Gasteiger partial charge in [-0.05, 0) is 0 Å². The topological polar surface area (TPSA) is 0 Å². The van der Waals surface area contributed by atoms with Crippen LogP contribution in [0.2, 0.25) is 0 Å². The molecule has 1 aromatic rings. The second-order valence-corrected chi connectivity index (χ2v) is 1.49. The van der Waals surface area contributed by atoms with Crippen LogP contribution < -0.4 is 24.0 Å². The van der Waals surface area contributed by atoms with Gasteiger partial charge in [0.2, 0.25) is 0 Å². The quantitative estimate of drug-likeness (QED) is 0.226. The van der Waals surface area contributed by atoms with Crippen molar-refractivity contribution < 1.29 is 24.0 Å². The van der Waals surface area contributed by atoms with Crippen molar-refractivity contribution in [1.29, 1.82) is 0 Å². The molecule has 0 saturated heterocycles. The molecule has 0 aromatic heterocycles. The van der Waals surface area contributed by atoms with E-state index in [-0.39, 0.29) is 61.7 Å². The summed E-state index contributed by atoms with van der Waals surface area (Å²) < 4.78 is 0. The van der Waals surface area contributed by atoms with Gasteiger partial charge in [-0.25, -0.2) is 0 Å². The summed E-state index contributed by atoms with van der Waals surface area (Å²) in [6.45, 7) is 0. The van der Waals surface area contributed by atoms with Crippen LogP contribution in [0.1, 0.15) is 5.56 Å². The van der Waals surface area contributed by atoms with Gasteiger partial charge in [-0.2, -0.15) is 0 Å². The molecule has 0 nitrogen and oxygen atoms in total. The largest absolute Gasteiger partial charge is 2.00 e. The minimum absolute atomic E-state index is 0. The van der Waals surface area contributed by atoms with E-state index in [0.717, 1.165) is 5.56 Å². The number of hydrogen-bond acceptors (Lipinski definition) is 0. The van der Waals surface area contributed by atoms with E-state index >= 15 is 0 Å². The molecule has 0 atom stereocenters. The molecule has 0 saturated carbocycles. The molecule has 0 bridgehead atoms. The molecule has 0 aliphatic heterocycles. The summed E-state index contributed by atoms with van der Waals surface area (Å²) in [5, 5.41) is 0. The summed E-state index contributed by atoms with van der Waals surface area (Å²) in [5.41, 5.74) is 0.826. The van der Waals surface area contributed by atoms with Crippen LogP contribution in [0, 0.1) is 12.3 Å². The van der Waals surface area contributed by atoms with Gasteiger partial charge in [-0.15, -0.1) is 17.7 Å². The Morgan fingerprint density at radius 1 is 1.10 bits per heavy atom. The third kappa shape index (κ3) is 4.56. The van der Waals surface area contributed by atoms with E-state index in [4.69, 9.17) is 6.42 Å². The summed E-state index contributed by atoms with van der Waals surface area (Å²) in [5.74, 6) is 2.28. The second-order valence-electron chi connectivity index (χ2n) is 1.49. The first-order valence-corrected chi connectivity index (χ1v) is 2.41. The zero-order valence-electron chi connectivity index (χ0n) is 5.47. The van der Waals surface area contributed by atoms with Crippen molar-refractivity contribution in [1.82, 2.24) is 0 Å². The van der Waals surface area contributed by atoms with Crippen molar-refractivity contribution in [3.63, 3.8) is 0 Å². The molecule has 0 amide bonds. The maximum Gasteiger partial charge on any atom is 2.00 e. The van der Waals surface area contributed by atoms with Gasteiger partial charge in [-0.1, -0.05) is 18.2 Å². The second kappa shape index (κ2) is 7.87. The molecule has 0 radical (unpaired) electrons. The van der Waals surface area contributed by atoms with Crippen LogP contribution in [0.3, 0.4) is 0 Å². The van der Waals surface area contributed by atoms with E-state index in [2.05, 4.69) is 5.92 Å². The minimum atomic E-state index is 0. The van der Waals surface area contributed by atoms with Crippen molar-refractivity contribution in [2.75, 3.05) is 0 Å². The SMILES string of the molecule is [C-]#Cc1ccccc1.[Ca+2].[I-]. The van der Waals surface area contributed by atoms with Crippen molar-refractivity contribution >= 4 is 37.7 Å². The van der Waals surface area contributed by atoms with E-state index in [9.17, 15) is 0 Å². The van der Waals surface area contributed by atoms with Crippen LogP contribution in [0.15, 0.2) is 30.3 Å². The third-order valence-electron chi connectivity index (χ3n) is 0.918. The van der Waals surface area contributed by atoms with Crippen LogP contribution in [-0.4, -0.2) is 37.7 Å². The fourth-order valence-electron chi connectivity index (χ4n) is 0.521. The van der Waals surface area contributed by atoms with E-state index < -0.39 is 0 Å². The zero-order chi connectivity index (χ0) is 5.82. The standard InChI is InChI=1S/C8H5.Ca.HI/c1-2-8-6-4-3-5-7-8;;/h3-7H;;1H/q-1;+2;/p-1. The molecule has 0 unspecified atom stereocenters. The molecule has 10 heavy (non-hydrogen) atoms. The molecule has 0 fully saturated rings. The Morgan fingerprint density at radius 3 is 1.90 bits per heavy atom. The average molecular weight is 268 g/mol. The van der Waals surface area contributed by atoms with Gasteiger partial charge < -0.3 is 30.4 Å². The van der Waals surface area contributed by atoms with E-state index in [1.54, 1.807) is 0 Å². The normalized spacial score (nSPS) is 6.30. The molecule has 2 heteroatoms. The number of hydrogen-bond donors (Lipinski definition) is 0. The number of benzene rings is 1. The fraction of sp³-hybridized carbons (Fsp3) is 0. The van der Waals surface area contributed by atoms with Gasteiger partial charge in [0.1, 0.15) is 0 Å². The monoisotopic (exact) mass is 268 g/mol. The maximum atomic E-state index is 6.69. The van der Waals surface area contributed by atoms with Crippen molar-refractivity contribution in [2.24, 2.45) is 0 Å². The Labute approximate surface area is 108 Å². The van der Waals surface area contributed by atoms with Crippen LogP contribution in [-0.2, 0) is 0 Å². The van der Waals surface area contributed by atoms with E-state index in [1.165, 1.54) is 0 Å². The minimum Gasteiger partial charge on any atom is -1.00 e. The molecule has 46 valence electrons. The molecular weight excluding hydrogens is 263 g/mol. The van der Waals surface area contributed by atoms with Crippen LogP contribution in [0.5, 0.6) is 0 Å². The summed E-state index contributed by atoms with van der Waals surface area (Å²) >= 11 is 0. The Kier molecular flexibility index (Phi) is 10.5. The predicted octanol–water partition coefficient (Wildman–Crippen LogP) is -1.75. The first-order valence-electron chi connectivity index (χ1n) is 2.41. The van der Waals surface area contributed by atoms with Crippen LogP contribution in [0.4, 0.5) is 0 Å². The smallest absolute Gasteiger partial charge is 1.00 e. The third-order valence-corrected chi connectivity index (χ3v) is 0.918. The zero-order valence-corrected chi connectivity index (χ0v) is 9.84. The van der Waals surface area contributed by atoms with Crippen molar-refractivity contribution in [2.45, 2.75) is 0 Å². The van der Waals surface area contributed by atoms with Crippen LogP contribution in [0.25, 0.3) is 0 Å². The first kappa shape index (κ1) is 13.4. The first-order chi connectivity index (χ1) is 3.93. The molecule has 0 aliphatic rings. The predicted molar refractivity (Wildman–Crippen MR) is 38.4 cm³/mol. The average Bonchev–Trinajstić information content (AvgIpc) is 1.90.